The molecule has 2 nitrogen and oxygen atoms in total. The molecule has 2 atom stereocenters. The highest BCUT2D eigenvalue weighted by Crippen LogP contribution is 2.30. The fraction of sp³-hybridized carbons (Fsp3) is 1.00. The number of nitrogens with two attached hydrogens (primary N) is 1. The predicted molar refractivity (Wildman–Crippen MR) is 88.2 cm³/mol. The zero-order valence-electron chi connectivity index (χ0n) is 12.9. The second-order valence-corrected chi connectivity index (χ2v) is 7.05. The van der Waals surface area contributed by atoms with Crippen LogP contribution in [0.2, 0.25) is 0 Å². The van der Waals surface area contributed by atoms with Gasteiger partial charge in [-0.1, -0.05) is 64.2 Å². The van der Waals surface area contributed by atoms with Gasteiger partial charge in [-0.15, -0.1) is 12.4 Å². The Labute approximate surface area is 131 Å². The van der Waals surface area contributed by atoms with E-state index in [9.17, 15) is 5.11 Å². The van der Waals surface area contributed by atoms with E-state index in [2.05, 4.69) is 0 Å². The van der Waals surface area contributed by atoms with E-state index >= 15 is 0 Å². The quantitative estimate of drug-likeness (QED) is 0.762. The molecule has 0 amide bonds. The molecule has 3 heteroatoms. The Bertz CT molecular complexity index is 237. The van der Waals surface area contributed by atoms with Crippen molar-refractivity contribution in [3.05, 3.63) is 0 Å². The van der Waals surface area contributed by atoms with Crippen LogP contribution in [0.15, 0.2) is 0 Å². The highest BCUT2D eigenvalue weighted by atomic mass is 35.5. The Balaban J connectivity index is 0.00000200. The van der Waals surface area contributed by atoms with E-state index in [1.807, 2.05) is 0 Å². The van der Waals surface area contributed by atoms with Crippen LogP contribution in [0.4, 0.5) is 0 Å². The fourth-order valence-electron chi connectivity index (χ4n) is 4.06. The molecule has 0 bridgehead atoms. The Morgan fingerprint density at radius 1 is 0.850 bits per heavy atom. The van der Waals surface area contributed by atoms with Gasteiger partial charge in [0.25, 0.3) is 0 Å². The third-order valence-corrected chi connectivity index (χ3v) is 5.42. The average molecular weight is 304 g/mol. The Hall–Kier alpha value is 0.210. The summed E-state index contributed by atoms with van der Waals surface area (Å²) in [5.41, 5.74) is 6.21. The van der Waals surface area contributed by atoms with E-state index in [1.54, 1.807) is 0 Å². The van der Waals surface area contributed by atoms with Gasteiger partial charge < -0.3 is 10.8 Å². The summed E-state index contributed by atoms with van der Waals surface area (Å²) in [7, 11) is 0. The minimum atomic E-state index is -0.260. The van der Waals surface area contributed by atoms with Crippen molar-refractivity contribution in [3.8, 4) is 0 Å². The van der Waals surface area contributed by atoms with Gasteiger partial charge in [-0.2, -0.15) is 0 Å². The fourth-order valence-corrected chi connectivity index (χ4v) is 4.06. The highest BCUT2D eigenvalue weighted by molar-refractivity contribution is 5.85. The molecule has 2 fully saturated rings. The summed E-state index contributed by atoms with van der Waals surface area (Å²) >= 11 is 0. The molecular formula is C17H34ClNO. The van der Waals surface area contributed by atoms with Gasteiger partial charge in [0.05, 0.1) is 6.10 Å². The van der Waals surface area contributed by atoms with Crippen molar-refractivity contribution in [2.45, 2.75) is 95.6 Å². The van der Waals surface area contributed by atoms with Gasteiger partial charge in [0.1, 0.15) is 0 Å². The van der Waals surface area contributed by atoms with Crippen LogP contribution in [0.3, 0.4) is 0 Å². The van der Waals surface area contributed by atoms with Gasteiger partial charge in [0.2, 0.25) is 0 Å². The monoisotopic (exact) mass is 303 g/mol. The molecule has 20 heavy (non-hydrogen) atoms. The maximum atomic E-state index is 10.3. The summed E-state index contributed by atoms with van der Waals surface area (Å²) < 4.78 is 0. The van der Waals surface area contributed by atoms with Crippen LogP contribution < -0.4 is 5.73 Å². The maximum absolute atomic E-state index is 10.3. The van der Waals surface area contributed by atoms with Crippen LogP contribution in [0, 0.1) is 11.8 Å². The molecular weight excluding hydrogens is 270 g/mol. The first-order valence-electron chi connectivity index (χ1n) is 8.69. The molecule has 2 aliphatic carbocycles. The van der Waals surface area contributed by atoms with Crippen LogP contribution in [0.1, 0.15) is 83.5 Å². The van der Waals surface area contributed by atoms with Crippen molar-refractivity contribution >= 4 is 12.4 Å². The molecule has 2 saturated carbocycles. The van der Waals surface area contributed by atoms with Crippen LogP contribution in [0.5, 0.6) is 0 Å². The summed E-state index contributed by atoms with van der Waals surface area (Å²) in [4.78, 5) is 0. The smallest absolute Gasteiger partial charge is 0.0691 e. The number of hydrogen-bond donors (Lipinski definition) is 2. The zero-order valence-corrected chi connectivity index (χ0v) is 13.8. The molecule has 0 aliphatic heterocycles. The van der Waals surface area contributed by atoms with Crippen molar-refractivity contribution in [2.24, 2.45) is 17.6 Å². The molecule has 0 saturated heterocycles. The molecule has 2 unspecified atom stereocenters. The summed E-state index contributed by atoms with van der Waals surface area (Å²) in [6, 6.07) is 0.0201. The van der Waals surface area contributed by atoms with E-state index < -0.39 is 0 Å². The van der Waals surface area contributed by atoms with Crippen LogP contribution in [0.25, 0.3) is 0 Å². The first-order chi connectivity index (χ1) is 9.25. The highest BCUT2D eigenvalue weighted by Gasteiger charge is 2.23. The van der Waals surface area contributed by atoms with Crippen molar-refractivity contribution in [1.29, 1.82) is 0 Å². The van der Waals surface area contributed by atoms with Crippen molar-refractivity contribution in [2.75, 3.05) is 0 Å². The summed E-state index contributed by atoms with van der Waals surface area (Å²) in [6.07, 6.45) is 16.7. The van der Waals surface area contributed by atoms with E-state index in [-0.39, 0.29) is 24.6 Å². The standard InChI is InChI=1S/C17H33NO.ClH/c18-16(13-15-9-5-2-6-10-15)17(19)12-11-14-7-3-1-4-8-14;/h14-17,19H,1-13,18H2;1H. The van der Waals surface area contributed by atoms with Gasteiger partial charge in [0.15, 0.2) is 0 Å². The van der Waals surface area contributed by atoms with Crippen LogP contribution in [-0.2, 0) is 0 Å². The minimum absolute atomic E-state index is 0. The molecule has 0 spiro atoms. The van der Waals surface area contributed by atoms with Crippen molar-refractivity contribution < 1.29 is 5.11 Å². The molecule has 2 rings (SSSR count). The maximum Gasteiger partial charge on any atom is 0.0691 e. The molecule has 0 aromatic carbocycles. The van der Waals surface area contributed by atoms with Crippen LogP contribution >= 0.6 is 12.4 Å². The summed E-state index contributed by atoms with van der Waals surface area (Å²) in [5.74, 6) is 1.65. The molecule has 0 aromatic rings. The Kier molecular flexibility index (Phi) is 9.15. The first kappa shape index (κ1) is 18.3. The van der Waals surface area contributed by atoms with E-state index in [1.165, 1.54) is 70.6 Å². The molecule has 0 radical (unpaired) electrons. The summed E-state index contributed by atoms with van der Waals surface area (Å²) in [5, 5.41) is 10.3. The lowest BCUT2D eigenvalue weighted by Gasteiger charge is -2.28. The van der Waals surface area contributed by atoms with E-state index in [0.29, 0.717) is 0 Å². The van der Waals surface area contributed by atoms with E-state index in [0.717, 1.165) is 24.7 Å². The third-order valence-electron chi connectivity index (χ3n) is 5.42. The number of aliphatic hydroxyl groups is 1. The van der Waals surface area contributed by atoms with Gasteiger partial charge in [-0.3, -0.25) is 0 Å². The largest absolute Gasteiger partial charge is 0.392 e. The average Bonchev–Trinajstić information content (AvgIpc) is 2.47. The molecule has 0 heterocycles. The molecule has 2 aliphatic rings. The zero-order chi connectivity index (χ0) is 13.5. The lowest BCUT2D eigenvalue weighted by molar-refractivity contribution is 0.108. The molecule has 3 N–H and O–H groups in total. The van der Waals surface area contributed by atoms with Gasteiger partial charge in [-0.25, -0.2) is 0 Å². The number of hydrogen-bond acceptors (Lipinski definition) is 2. The van der Waals surface area contributed by atoms with Crippen molar-refractivity contribution in [1.82, 2.24) is 0 Å². The van der Waals surface area contributed by atoms with Crippen molar-refractivity contribution in [3.63, 3.8) is 0 Å². The molecule has 120 valence electrons. The van der Waals surface area contributed by atoms with Gasteiger partial charge >= 0.3 is 0 Å². The lowest BCUT2D eigenvalue weighted by Crippen LogP contribution is -2.37. The van der Waals surface area contributed by atoms with E-state index in [4.69, 9.17) is 5.73 Å². The molecule has 0 aromatic heterocycles. The predicted octanol–water partition coefficient (Wildman–Crippen LogP) is 4.43. The normalized spacial score (nSPS) is 24.9. The second kappa shape index (κ2) is 10.0. The Morgan fingerprint density at radius 3 is 1.90 bits per heavy atom. The number of rotatable bonds is 6. The first-order valence-corrected chi connectivity index (χ1v) is 8.69. The summed E-state index contributed by atoms with van der Waals surface area (Å²) in [6.45, 7) is 0. The SMILES string of the molecule is Cl.NC(CC1CCCCC1)C(O)CCC1CCCCC1. The van der Waals surface area contributed by atoms with Crippen LogP contribution in [-0.4, -0.2) is 17.3 Å². The third kappa shape index (κ3) is 6.32. The van der Waals surface area contributed by atoms with Gasteiger partial charge in [-0.05, 0) is 31.1 Å². The Morgan fingerprint density at radius 2 is 1.35 bits per heavy atom. The number of halogens is 1. The number of aliphatic hydroxyl groups excluding tert-OH is 1. The topological polar surface area (TPSA) is 46.2 Å². The second-order valence-electron chi connectivity index (χ2n) is 7.05. The minimum Gasteiger partial charge on any atom is -0.392 e. The lowest BCUT2D eigenvalue weighted by atomic mass is 9.82. The van der Waals surface area contributed by atoms with Gasteiger partial charge in [0, 0.05) is 6.04 Å².